The van der Waals surface area contributed by atoms with Crippen LogP contribution in [0.2, 0.25) is 0 Å². The number of ketones is 1. The molecule has 5 rings (SSSR count). The van der Waals surface area contributed by atoms with Crippen molar-refractivity contribution in [3.63, 3.8) is 0 Å². The zero-order valence-corrected chi connectivity index (χ0v) is 46.7. The Morgan fingerprint density at radius 2 is 1.38 bits per heavy atom. The smallest absolute Gasteiger partial charge is 0.407 e. The highest BCUT2D eigenvalue weighted by Gasteiger charge is 2.37. The molecular formula is C56H74N8O13S2. The number of hydrogen-bond donors (Lipinski definition) is 11. The number of aliphatic hydroxyl groups excluding tert-OH is 2. The van der Waals surface area contributed by atoms with Gasteiger partial charge in [-0.25, -0.2) is 9.59 Å². The Bertz CT molecular complexity index is 2640. The Kier molecular flexibility index (Phi) is 24.4. The van der Waals surface area contributed by atoms with E-state index in [0.29, 0.717) is 12.0 Å². The van der Waals surface area contributed by atoms with Gasteiger partial charge in [0, 0.05) is 36.8 Å². The van der Waals surface area contributed by atoms with Gasteiger partial charge in [-0.15, -0.1) is 0 Å². The maximum atomic E-state index is 14.9. The van der Waals surface area contributed by atoms with Crippen molar-refractivity contribution in [1.82, 2.24) is 37.2 Å². The predicted molar refractivity (Wildman–Crippen MR) is 300 cm³/mol. The van der Waals surface area contributed by atoms with Crippen LogP contribution in [0, 0.1) is 5.92 Å². The number of ether oxygens (including phenoxy) is 1. The zero-order chi connectivity index (χ0) is 57.8. The number of unbranched alkanes of at least 4 members (excludes halogenated alkanes) is 1. The lowest BCUT2D eigenvalue weighted by Gasteiger charge is -2.29. The third-order valence-corrected chi connectivity index (χ3v) is 15.4. The van der Waals surface area contributed by atoms with Gasteiger partial charge in [0.15, 0.2) is 11.8 Å². The van der Waals surface area contributed by atoms with Crippen molar-refractivity contribution in [3.05, 3.63) is 113 Å². The van der Waals surface area contributed by atoms with Crippen molar-refractivity contribution in [3.8, 4) is 0 Å². The molecule has 79 heavy (non-hydrogen) atoms. The molecule has 1 fully saturated rings. The van der Waals surface area contributed by atoms with Crippen molar-refractivity contribution in [1.29, 1.82) is 0 Å². The second-order valence-corrected chi connectivity index (χ2v) is 23.2. The molecule has 10 atom stereocenters. The van der Waals surface area contributed by atoms with Gasteiger partial charge in [0.1, 0.15) is 29.8 Å². The number of Topliss-reactive ketones (excluding diaryl/α,β-unsaturated/α-hetero) is 1. The number of hydrogen-bond acceptors (Lipinski definition) is 15. The van der Waals surface area contributed by atoms with Crippen LogP contribution >= 0.6 is 21.6 Å². The number of fused-ring (bicyclic) bond motifs is 1. The van der Waals surface area contributed by atoms with Crippen molar-refractivity contribution in [2.24, 2.45) is 11.7 Å². The monoisotopic (exact) mass is 1130 g/mol. The topological polar surface area (TPSA) is 334 Å². The number of aliphatic hydroxyl groups is 2. The van der Waals surface area contributed by atoms with Crippen LogP contribution in [0.15, 0.2) is 91.0 Å². The van der Waals surface area contributed by atoms with E-state index in [-0.39, 0.29) is 56.6 Å². The first-order chi connectivity index (χ1) is 37.5. The first kappa shape index (κ1) is 63.0. The zero-order valence-electron chi connectivity index (χ0n) is 45.0. The summed E-state index contributed by atoms with van der Waals surface area (Å²) in [5.41, 5.74) is 9.64. The molecule has 12 N–H and O–H groups in total. The molecular weight excluding hydrogens is 1060 g/mol. The highest BCUT2D eigenvalue weighted by Crippen LogP contribution is 2.31. The van der Waals surface area contributed by atoms with Gasteiger partial charge in [-0.2, -0.15) is 0 Å². The standard InChI is InChI=1S/C56H74N8O13S2/c1-32(65)46-53(73)62-44(52(72)64-47(33(2)66)54(74)75)31-79-78-30-43(61-49(69)40(57)27-35-18-10-7-11-19-35)45(67)29-38(26-34-16-8-6-9-17-34)48(68)60-42(28-37-24-23-36-20-12-13-21-39(36)37)51(71)59-41(50(70)63-46)22-14-15-25-58-55(76)77-56(3,4)5/h6-13,16-21,24,32-33,38,40-44,46-47,65-66H,14-15,22-23,25-31,57H2,1-5H3,(H,58,76)(H,59,71)(H,60,68)(H,61,69)(H,62,73)(H,63,70)(H,64,72)(H,74,75)/t32-,33-,38-,40-,41+,42-,43+,44+,46+,47+/m1/s1. The minimum Gasteiger partial charge on any atom is -0.480 e. The molecule has 428 valence electrons. The quantitative estimate of drug-likeness (QED) is 0.0643. The van der Waals surface area contributed by atoms with Gasteiger partial charge in [-0.1, -0.05) is 113 Å². The molecule has 3 aromatic rings. The van der Waals surface area contributed by atoms with Crippen LogP contribution in [-0.2, 0) is 62.4 Å². The number of amides is 7. The van der Waals surface area contributed by atoms with Crippen LogP contribution < -0.4 is 43.0 Å². The first-order valence-corrected chi connectivity index (χ1v) is 28.7. The molecule has 0 unspecified atom stereocenters. The summed E-state index contributed by atoms with van der Waals surface area (Å²) in [5, 5.41) is 49.4. The molecule has 0 saturated carbocycles. The molecule has 1 heterocycles. The van der Waals surface area contributed by atoms with Gasteiger partial charge in [-0.05, 0) is 101 Å². The number of nitrogens with one attached hydrogen (secondary N) is 7. The Labute approximate surface area is 467 Å². The first-order valence-electron chi connectivity index (χ1n) is 26.3. The number of rotatable bonds is 18. The van der Waals surface area contributed by atoms with E-state index in [1.54, 1.807) is 75.4 Å². The van der Waals surface area contributed by atoms with Gasteiger partial charge in [0.2, 0.25) is 35.4 Å². The van der Waals surface area contributed by atoms with E-state index in [1.807, 2.05) is 36.4 Å². The minimum atomic E-state index is -1.82. The van der Waals surface area contributed by atoms with E-state index in [2.05, 4.69) is 37.2 Å². The molecule has 1 saturated heterocycles. The SMILES string of the molecule is C[C@@H](O)[C@H](NC(=O)[C@@H]1CSSC[C@H](NC(=O)[C@H](N)Cc2ccccc2)C(=O)C[C@@H](Cc2ccccc2)C(=O)N[C@H](CC2=CCc3ccccc32)C(=O)N[C@@H](CCCCNC(=O)OC(C)(C)C)C(=O)N[C@@H]([C@@H](C)O)C(=O)N1)C(=O)O. The fourth-order valence-electron chi connectivity index (χ4n) is 8.76. The fraction of sp³-hybridized carbons (Fsp3) is 0.482. The average Bonchev–Trinajstić information content (AvgIpc) is 3.82. The molecule has 1 aliphatic heterocycles. The summed E-state index contributed by atoms with van der Waals surface area (Å²) in [6, 6.07) is 15.1. The molecule has 0 aromatic heterocycles. The summed E-state index contributed by atoms with van der Waals surface area (Å²) in [5.74, 6) is -9.02. The van der Waals surface area contributed by atoms with E-state index in [1.165, 1.54) is 6.92 Å². The fourth-order valence-corrected chi connectivity index (χ4v) is 11.1. The van der Waals surface area contributed by atoms with Crippen LogP contribution in [0.1, 0.15) is 89.0 Å². The number of benzene rings is 3. The molecule has 3 aromatic carbocycles. The summed E-state index contributed by atoms with van der Waals surface area (Å²) in [6.07, 6.45) is -1.34. The van der Waals surface area contributed by atoms with Crippen LogP contribution in [0.25, 0.3) is 5.57 Å². The molecule has 0 bridgehead atoms. The van der Waals surface area contributed by atoms with Crippen LogP contribution in [0.5, 0.6) is 0 Å². The second-order valence-electron chi connectivity index (χ2n) is 20.7. The van der Waals surface area contributed by atoms with Crippen molar-refractivity contribution < 1.29 is 63.2 Å². The largest absolute Gasteiger partial charge is 0.480 e. The third-order valence-electron chi connectivity index (χ3n) is 13.0. The van der Waals surface area contributed by atoms with E-state index >= 15 is 0 Å². The normalized spacial score (nSPS) is 22.4. The number of carbonyl (C=O) groups is 9. The predicted octanol–water partition coefficient (Wildman–Crippen LogP) is 2.25. The van der Waals surface area contributed by atoms with E-state index in [4.69, 9.17) is 10.5 Å². The minimum absolute atomic E-state index is 0.0255. The maximum Gasteiger partial charge on any atom is 0.407 e. The van der Waals surface area contributed by atoms with Gasteiger partial charge < -0.3 is 63.0 Å². The Morgan fingerprint density at radius 1 is 0.759 bits per heavy atom. The molecule has 0 spiro atoms. The molecule has 23 heteroatoms. The number of allylic oxidation sites excluding steroid dienone is 1. The van der Waals surface area contributed by atoms with Crippen molar-refractivity contribution in [2.45, 2.75) is 146 Å². The Hall–Kier alpha value is -6.79. The third kappa shape index (κ3) is 20.4. The second kappa shape index (κ2) is 30.5. The number of carbonyl (C=O) groups excluding carboxylic acids is 8. The van der Waals surface area contributed by atoms with Gasteiger partial charge in [0.05, 0.1) is 24.3 Å². The van der Waals surface area contributed by atoms with E-state index in [9.17, 15) is 58.5 Å². The highest BCUT2D eigenvalue weighted by molar-refractivity contribution is 8.76. The lowest BCUT2D eigenvalue weighted by molar-refractivity contribution is -0.145. The summed E-state index contributed by atoms with van der Waals surface area (Å²) in [4.78, 5) is 126. The number of alkyl carbamates (subject to hydrolysis) is 1. The number of nitrogens with two attached hydrogens (primary N) is 1. The highest BCUT2D eigenvalue weighted by atomic mass is 33.1. The van der Waals surface area contributed by atoms with Gasteiger partial charge in [-0.3, -0.25) is 33.6 Å². The number of aliphatic carboxylic acids is 1. The molecule has 0 radical (unpaired) electrons. The van der Waals surface area contributed by atoms with Crippen LogP contribution in [0.4, 0.5) is 4.79 Å². The summed E-state index contributed by atoms with van der Waals surface area (Å²) in [6.45, 7) is 7.58. The van der Waals surface area contributed by atoms with Crippen molar-refractivity contribution >= 4 is 80.4 Å². The summed E-state index contributed by atoms with van der Waals surface area (Å²) in [7, 11) is 1.95. The molecule has 1 aliphatic carbocycles. The van der Waals surface area contributed by atoms with Crippen LogP contribution in [-0.4, -0.2) is 147 Å². The summed E-state index contributed by atoms with van der Waals surface area (Å²) < 4.78 is 5.33. The van der Waals surface area contributed by atoms with Gasteiger partial charge in [0.25, 0.3) is 0 Å². The summed E-state index contributed by atoms with van der Waals surface area (Å²) >= 11 is 0. The lowest BCUT2D eigenvalue weighted by Crippen LogP contribution is -2.62. The van der Waals surface area contributed by atoms with E-state index < -0.39 is 126 Å². The molecule has 21 nitrogen and oxygen atoms in total. The Balaban J connectivity index is 1.56. The van der Waals surface area contributed by atoms with Crippen molar-refractivity contribution in [2.75, 3.05) is 18.1 Å². The number of carboxylic acid groups (broad SMARTS) is 1. The van der Waals surface area contributed by atoms with Gasteiger partial charge >= 0.3 is 12.1 Å². The van der Waals surface area contributed by atoms with Crippen LogP contribution in [0.3, 0.4) is 0 Å². The van der Waals surface area contributed by atoms with E-state index in [0.717, 1.165) is 50.8 Å². The lowest BCUT2D eigenvalue weighted by atomic mass is 9.90. The average molecular weight is 1130 g/mol. The number of carboxylic acids is 1. The Morgan fingerprint density at radius 3 is 2.03 bits per heavy atom. The molecule has 7 amide bonds. The maximum absolute atomic E-state index is 14.9. The molecule has 2 aliphatic rings.